The number of carbonyl (C=O) groups is 2. The third-order valence-corrected chi connectivity index (χ3v) is 4.22. The molecule has 1 heterocycles. The van der Waals surface area contributed by atoms with Gasteiger partial charge in [-0.1, -0.05) is 11.6 Å². The Morgan fingerprint density at radius 2 is 1.96 bits per heavy atom. The average molecular weight is 362 g/mol. The fraction of sp³-hybridized carbons (Fsp3) is 0.222. The Balaban J connectivity index is 1.55. The molecule has 0 radical (unpaired) electrons. The van der Waals surface area contributed by atoms with Gasteiger partial charge in [0.1, 0.15) is 5.82 Å². The summed E-state index contributed by atoms with van der Waals surface area (Å²) in [4.78, 5) is 25.5. The third kappa shape index (κ3) is 4.28. The van der Waals surface area contributed by atoms with Crippen molar-refractivity contribution in [2.24, 2.45) is 0 Å². The quantitative estimate of drug-likeness (QED) is 0.854. The molecule has 1 aliphatic rings. The van der Waals surface area contributed by atoms with Gasteiger partial charge in [-0.3, -0.25) is 9.59 Å². The monoisotopic (exact) mass is 361 g/mol. The number of carbonyl (C=O) groups excluding carboxylic acids is 2. The third-order valence-electron chi connectivity index (χ3n) is 3.91. The highest BCUT2D eigenvalue weighted by Crippen LogP contribution is 2.24. The molecule has 130 valence electrons. The van der Waals surface area contributed by atoms with Gasteiger partial charge in [-0.2, -0.15) is 0 Å². The van der Waals surface area contributed by atoms with Crippen LogP contribution >= 0.6 is 11.6 Å². The van der Waals surface area contributed by atoms with E-state index in [1.165, 1.54) is 18.2 Å². The van der Waals surface area contributed by atoms with E-state index in [1.807, 2.05) is 12.1 Å². The first kappa shape index (κ1) is 17.2. The predicted octanol–water partition coefficient (Wildman–Crippen LogP) is 3.66. The second-order valence-electron chi connectivity index (χ2n) is 5.72. The molecule has 25 heavy (non-hydrogen) atoms. The molecule has 7 heteroatoms. The van der Waals surface area contributed by atoms with Crippen molar-refractivity contribution in [3.63, 3.8) is 0 Å². The van der Waals surface area contributed by atoms with E-state index in [0.717, 1.165) is 18.7 Å². The van der Waals surface area contributed by atoms with E-state index in [2.05, 4.69) is 10.6 Å². The summed E-state index contributed by atoms with van der Waals surface area (Å²) in [5.41, 5.74) is 1.95. The zero-order valence-electron chi connectivity index (χ0n) is 13.4. The van der Waals surface area contributed by atoms with E-state index in [0.29, 0.717) is 17.8 Å². The number of benzene rings is 2. The van der Waals surface area contributed by atoms with Crippen molar-refractivity contribution < 1.29 is 14.0 Å². The largest absolute Gasteiger partial charge is 0.375 e. The van der Waals surface area contributed by atoms with E-state index >= 15 is 0 Å². The van der Waals surface area contributed by atoms with E-state index < -0.39 is 5.82 Å². The van der Waals surface area contributed by atoms with Crippen LogP contribution in [0.4, 0.5) is 21.5 Å². The Labute approximate surface area is 149 Å². The topological polar surface area (TPSA) is 61.4 Å². The zero-order chi connectivity index (χ0) is 17.8. The summed E-state index contributed by atoms with van der Waals surface area (Å²) in [5.74, 6) is -0.570. The smallest absolute Gasteiger partial charge is 0.243 e. The molecule has 1 fully saturated rings. The predicted molar refractivity (Wildman–Crippen MR) is 96.6 cm³/mol. The second-order valence-corrected chi connectivity index (χ2v) is 6.13. The SMILES string of the molecule is O=C(CNc1ccc(F)cc1Cl)Nc1ccc(N2CCCC2=O)cc1. The van der Waals surface area contributed by atoms with E-state index in [1.54, 1.807) is 17.0 Å². The molecule has 2 aromatic rings. The lowest BCUT2D eigenvalue weighted by Gasteiger charge is -2.16. The lowest BCUT2D eigenvalue weighted by atomic mass is 10.2. The molecule has 2 N–H and O–H groups in total. The molecule has 3 rings (SSSR count). The van der Waals surface area contributed by atoms with Crippen molar-refractivity contribution in [1.82, 2.24) is 0 Å². The Hall–Kier alpha value is -2.60. The maximum atomic E-state index is 13.0. The first-order chi connectivity index (χ1) is 12.0. The van der Waals surface area contributed by atoms with Crippen molar-refractivity contribution in [2.75, 3.05) is 28.6 Å². The summed E-state index contributed by atoms with van der Waals surface area (Å²) in [6, 6.07) is 11.1. The van der Waals surface area contributed by atoms with Crippen LogP contribution in [0.25, 0.3) is 0 Å². The van der Waals surface area contributed by atoms with Crippen molar-refractivity contribution in [3.05, 3.63) is 53.3 Å². The zero-order valence-corrected chi connectivity index (χ0v) is 14.1. The number of hydrogen-bond donors (Lipinski definition) is 2. The molecular weight excluding hydrogens is 345 g/mol. The normalized spacial score (nSPS) is 13.8. The Morgan fingerprint density at radius 3 is 2.60 bits per heavy atom. The molecule has 0 bridgehead atoms. The first-order valence-electron chi connectivity index (χ1n) is 7.92. The highest BCUT2D eigenvalue weighted by Gasteiger charge is 2.21. The van der Waals surface area contributed by atoms with Crippen molar-refractivity contribution in [2.45, 2.75) is 12.8 Å². The lowest BCUT2D eigenvalue weighted by molar-refractivity contribution is -0.117. The number of rotatable bonds is 5. The van der Waals surface area contributed by atoms with Gasteiger partial charge in [-0.25, -0.2) is 4.39 Å². The standard InChI is InChI=1S/C18H17ClFN3O2/c19-15-10-12(20)3-8-16(15)21-11-17(24)22-13-4-6-14(7-5-13)23-9-1-2-18(23)25/h3-8,10,21H,1-2,9,11H2,(H,22,24). The summed E-state index contributed by atoms with van der Waals surface area (Å²) < 4.78 is 13.0. The molecule has 1 saturated heterocycles. The van der Waals surface area contributed by atoms with Gasteiger partial charge in [0.05, 0.1) is 17.3 Å². The van der Waals surface area contributed by atoms with Crippen molar-refractivity contribution in [1.29, 1.82) is 0 Å². The Morgan fingerprint density at radius 1 is 1.20 bits per heavy atom. The number of anilines is 3. The van der Waals surface area contributed by atoms with E-state index in [4.69, 9.17) is 11.6 Å². The van der Waals surface area contributed by atoms with Gasteiger partial charge in [0.2, 0.25) is 11.8 Å². The van der Waals surface area contributed by atoms with Crippen LogP contribution in [0.1, 0.15) is 12.8 Å². The van der Waals surface area contributed by atoms with Crippen LogP contribution in [0.5, 0.6) is 0 Å². The Bertz CT molecular complexity index is 795. The average Bonchev–Trinajstić information content (AvgIpc) is 3.01. The minimum absolute atomic E-state index is 0.00227. The molecule has 0 aliphatic carbocycles. The van der Waals surface area contributed by atoms with Crippen molar-refractivity contribution >= 4 is 40.5 Å². The molecule has 0 aromatic heterocycles. The fourth-order valence-electron chi connectivity index (χ4n) is 2.66. The van der Waals surface area contributed by atoms with Gasteiger partial charge < -0.3 is 15.5 Å². The molecule has 2 aromatic carbocycles. The van der Waals surface area contributed by atoms with Gasteiger partial charge in [-0.05, 0) is 48.9 Å². The van der Waals surface area contributed by atoms with Crippen LogP contribution in [0.15, 0.2) is 42.5 Å². The second kappa shape index (κ2) is 7.53. The van der Waals surface area contributed by atoms with E-state index in [9.17, 15) is 14.0 Å². The van der Waals surface area contributed by atoms with E-state index in [-0.39, 0.29) is 23.4 Å². The minimum atomic E-state index is -0.434. The molecule has 1 aliphatic heterocycles. The number of amides is 2. The number of halogens is 2. The van der Waals surface area contributed by atoms with Crippen LogP contribution in [0.3, 0.4) is 0 Å². The van der Waals surface area contributed by atoms with Crippen LogP contribution < -0.4 is 15.5 Å². The summed E-state index contributed by atoms with van der Waals surface area (Å²) in [6.45, 7) is 0.727. The molecule has 0 saturated carbocycles. The molecular formula is C18H17ClFN3O2. The van der Waals surface area contributed by atoms with Crippen molar-refractivity contribution in [3.8, 4) is 0 Å². The maximum absolute atomic E-state index is 13.0. The van der Waals surface area contributed by atoms with Crippen LogP contribution in [-0.4, -0.2) is 24.9 Å². The van der Waals surface area contributed by atoms with Gasteiger partial charge >= 0.3 is 0 Å². The molecule has 0 unspecified atom stereocenters. The Kier molecular flexibility index (Phi) is 5.19. The number of hydrogen-bond acceptors (Lipinski definition) is 3. The first-order valence-corrected chi connectivity index (χ1v) is 8.30. The minimum Gasteiger partial charge on any atom is -0.375 e. The van der Waals surface area contributed by atoms with Crippen LogP contribution in [0.2, 0.25) is 5.02 Å². The highest BCUT2D eigenvalue weighted by molar-refractivity contribution is 6.33. The van der Waals surface area contributed by atoms with Crippen LogP contribution in [0, 0.1) is 5.82 Å². The van der Waals surface area contributed by atoms with Gasteiger partial charge in [-0.15, -0.1) is 0 Å². The molecule has 5 nitrogen and oxygen atoms in total. The summed E-state index contributed by atoms with van der Waals surface area (Å²) in [7, 11) is 0. The maximum Gasteiger partial charge on any atom is 0.243 e. The highest BCUT2D eigenvalue weighted by atomic mass is 35.5. The summed E-state index contributed by atoms with van der Waals surface area (Å²) in [5, 5.41) is 5.82. The summed E-state index contributed by atoms with van der Waals surface area (Å²) >= 11 is 5.90. The molecule has 0 spiro atoms. The summed E-state index contributed by atoms with van der Waals surface area (Å²) in [6.07, 6.45) is 1.45. The fourth-order valence-corrected chi connectivity index (χ4v) is 2.89. The lowest BCUT2D eigenvalue weighted by Crippen LogP contribution is -2.24. The molecule has 2 amide bonds. The van der Waals surface area contributed by atoms with Crippen LogP contribution in [-0.2, 0) is 9.59 Å². The number of nitrogens with zero attached hydrogens (tertiary/aromatic N) is 1. The number of nitrogens with one attached hydrogen (secondary N) is 2. The van der Waals surface area contributed by atoms with Gasteiger partial charge in [0.25, 0.3) is 0 Å². The van der Waals surface area contributed by atoms with Gasteiger partial charge in [0, 0.05) is 24.3 Å². The van der Waals surface area contributed by atoms with Gasteiger partial charge in [0.15, 0.2) is 0 Å². The molecule has 0 atom stereocenters.